The van der Waals surface area contributed by atoms with Gasteiger partial charge in [-0.05, 0) is 37.2 Å². The number of halogens is 2. The molecular weight excluding hydrogens is 272 g/mol. The molecule has 0 saturated heterocycles. The van der Waals surface area contributed by atoms with Crippen molar-refractivity contribution in [3.8, 4) is 0 Å². The number of rotatable bonds is 4. The predicted octanol–water partition coefficient (Wildman–Crippen LogP) is 3.12. The molecule has 1 aromatic carbocycles. The van der Waals surface area contributed by atoms with Crippen molar-refractivity contribution in [1.29, 1.82) is 0 Å². The fourth-order valence-electron chi connectivity index (χ4n) is 2.52. The minimum Gasteiger partial charge on any atom is -0.313 e. The molecule has 3 rings (SSSR count). The van der Waals surface area contributed by atoms with Gasteiger partial charge in [-0.25, -0.2) is 13.3 Å². The lowest BCUT2D eigenvalue weighted by Crippen LogP contribution is -2.19. The molecule has 1 atom stereocenters. The topological polar surface area (TPSA) is 29.3 Å². The van der Waals surface area contributed by atoms with Crippen LogP contribution in [0.5, 0.6) is 0 Å². The fourth-order valence-corrected chi connectivity index (χ4v) is 2.52. The second-order valence-corrected chi connectivity index (χ2v) is 4.89. The number of aromatic nitrogens is 2. The van der Waals surface area contributed by atoms with Crippen molar-refractivity contribution in [2.45, 2.75) is 12.5 Å². The monoisotopic (exact) mass is 287 g/mol. The molecular formula is C16H15F2N3. The predicted molar refractivity (Wildman–Crippen MR) is 77.1 cm³/mol. The summed E-state index contributed by atoms with van der Waals surface area (Å²) >= 11 is 0. The minimum absolute atomic E-state index is 0.138. The summed E-state index contributed by atoms with van der Waals surface area (Å²) < 4.78 is 28.9. The first-order valence-electron chi connectivity index (χ1n) is 6.73. The zero-order chi connectivity index (χ0) is 14.8. The molecule has 108 valence electrons. The Bertz CT molecular complexity index is 767. The van der Waals surface area contributed by atoms with Crippen LogP contribution in [0.4, 0.5) is 8.78 Å². The number of nitrogens with zero attached hydrogens (tertiary/aromatic N) is 2. The lowest BCUT2D eigenvalue weighted by atomic mass is 9.99. The molecule has 0 fully saturated rings. The van der Waals surface area contributed by atoms with Crippen molar-refractivity contribution in [1.82, 2.24) is 14.9 Å². The molecule has 0 saturated carbocycles. The second-order valence-electron chi connectivity index (χ2n) is 4.89. The Kier molecular flexibility index (Phi) is 3.66. The SMILES string of the molecule is CNC(Cc1cccc(F)c1F)c1cnn2ccccc12. The Hall–Kier alpha value is -2.27. The van der Waals surface area contributed by atoms with Crippen molar-refractivity contribution in [3.05, 3.63) is 71.6 Å². The van der Waals surface area contributed by atoms with Crippen LogP contribution >= 0.6 is 0 Å². The number of pyridine rings is 1. The van der Waals surface area contributed by atoms with E-state index >= 15 is 0 Å². The lowest BCUT2D eigenvalue weighted by Gasteiger charge is -2.16. The third kappa shape index (κ3) is 2.52. The zero-order valence-electron chi connectivity index (χ0n) is 11.6. The first kappa shape index (κ1) is 13.7. The van der Waals surface area contributed by atoms with Gasteiger partial charge in [-0.15, -0.1) is 0 Å². The van der Waals surface area contributed by atoms with Crippen molar-refractivity contribution >= 4 is 5.52 Å². The normalized spacial score (nSPS) is 12.7. The largest absolute Gasteiger partial charge is 0.313 e. The molecule has 0 aliphatic rings. The second kappa shape index (κ2) is 5.61. The van der Waals surface area contributed by atoms with Crippen molar-refractivity contribution < 1.29 is 8.78 Å². The molecule has 21 heavy (non-hydrogen) atoms. The molecule has 0 spiro atoms. The standard InChI is InChI=1S/C16H15F2N3/c1-19-14(9-11-5-4-6-13(17)16(11)18)12-10-20-21-8-3-2-7-15(12)21/h2-8,10,14,19H,9H2,1H3. The highest BCUT2D eigenvalue weighted by atomic mass is 19.2. The van der Waals surface area contributed by atoms with Crippen LogP contribution in [0.1, 0.15) is 17.2 Å². The summed E-state index contributed by atoms with van der Waals surface area (Å²) in [6.07, 6.45) is 3.97. The molecule has 3 nitrogen and oxygen atoms in total. The highest BCUT2D eigenvalue weighted by Crippen LogP contribution is 2.24. The van der Waals surface area contributed by atoms with Gasteiger partial charge in [0.05, 0.1) is 11.7 Å². The first-order chi connectivity index (χ1) is 10.2. The smallest absolute Gasteiger partial charge is 0.162 e. The van der Waals surface area contributed by atoms with Crippen LogP contribution in [0.2, 0.25) is 0 Å². The summed E-state index contributed by atoms with van der Waals surface area (Å²) in [4.78, 5) is 0. The van der Waals surface area contributed by atoms with Gasteiger partial charge < -0.3 is 5.32 Å². The van der Waals surface area contributed by atoms with Crippen molar-refractivity contribution in [2.24, 2.45) is 0 Å². The molecule has 0 aliphatic heterocycles. The summed E-state index contributed by atoms with van der Waals surface area (Å²) in [7, 11) is 1.80. The van der Waals surface area contributed by atoms with E-state index in [1.165, 1.54) is 6.07 Å². The number of hydrogen-bond acceptors (Lipinski definition) is 2. The van der Waals surface area contributed by atoms with Gasteiger partial charge in [-0.3, -0.25) is 0 Å². The Morgan fingerprint density at radius 2 is 2.05 bits per heavy atom. The van der Waals surface area contributed by atoms with E-state index in [1.807, 2.05) is 24.4 Å². The highest BCUT2D eigenvalue weighted by molar-refractivity contribution is 5.55. The Morgan fingerprint density at radius 1 is 1.19 bits per heavy atom. The maximum atomic E-state index is 13.8. The van der Waals surface area contributed by atoms with Gasteiger partial charge in [-0.1, -0.05) is 18.2 Å². The summed E-state index contributed by atoms with van der Waals surface area (Å²) in [5.74, 6) is -1.60. The molecule has 5 heteroatoms. The summed E-state index contributed by atoms with van der Waals surface area (Å²) in [5.41, 5.74) is 2.26. The van der Waals surface area contributed by atoms with E-state index in [1.54, 1.807) is 23.8 Å². The van der Waals surface area contributed by atoms with Crippen molar-refractivity contribution in [2.75, 3.05) is 7.05 Å². The Balaban J connectivity index is 1.97. The lowest BCUT2D eigenvalue weighted by molar-refractivity contribution is 0.487. The first-order valence-corrected chi connectivity index (χ1v) is 6.73. The van der Waals surface area contributed by atoms with E-state index in [-0.39, 0.29) is 6.04 Å². The third-order valence-corrected chi connectivity index (χ3v) is 3.64. The molecule has 1 unspecified atom stereocenters. The van der Waals surface area contributed by atoms with E-state index < -0.39 is 11.6 Å². The average Bonchev–Trinajstić information content (AvgIpc) is 2.93. The number of hydrogen-bond donors (Lipinski definition) is 1. The molecule has 3 aromatic rings. The molecule has 0 amide bonds. The van der Waals surface area contributed by atoms with E-state index in [0.717, 1.165) is 17.1 Å². The molecule has 0 radical (unpaired) electrons. The van der Waals surface area contributed by atoms with E-state index in [9.17, 15) is 8.78 Å². The third-order valence-electron chi connectivity index (χ3n) is 3.64. The molecule has 2 aromatic heterocycles. The number of likely N-dealkylation sites (N-methyl/N-ethyl adjacent to an activating group) is 1. The molecule has 0 bridgehead atoms. The number of fused-ring (bicyclic) bond motifs is 1. The Labute approximate surface area is 121 Å². The van der Waals surface area contributed by atoms with Crippen LogP contribution < -0.4 is 5.32 Å². The quantitative estimate of drug-likeness (QED) is 0.799. The van der Waals surface area contributed by atoms with Gasteiger partial charge in [-0.2, -0.15) is 5.10 Å². The van der Waals surface area contributed by atoms with Crippen LogP contribution in [0, 0.1) is 11.6 Å². The Morgan fingerprint density at radius 3 is 2.86 bits per heavy atom. The van der Waals surface area contributed by atoms with Gasteiger partial charge in [0.15, 0.2) is 11.6 Å². The van der Waals surface area contributed by atoms with E-state index in [0.29, 0.717) is 12.0 Å². The van der Waals surface area contributed by atoms with Gasteiger partial charge >= 0.3 is 0 Å². The summed E-state index contributed by atoms with van der Waals surface area (Å²) in [6, 6.07) is 9.89. The van der Waals surface area contributed by atoms with Gasteiger partial charge in [0.25, 0.3) is 0 Å². The van der Waals surface area contributed by atoms with Crippen LogP contribution in [0.15, 0.2) is 48.8 Å². The molecule has 2 heterocycles. The average molecular weight is 287 g/mol. The van der Waals surface area contributed by atoms with Crippen LogP contribution in [-0.2, 0) is 6.42 Å². The zero-order valence-corrected chi connectivity index (χ0v) is 11.6. The van der Waals surface area contributed by atoms with Crippen molar-refractivity contribution in [3.63, 3.8) is 0 Å². The summed E-state index contributed by atoms with van der Waals surface area (Å²) in [6.45, 7) is 0. The molecule has 0 aliphatic carbocycles. The van der Waals surface area contributed by atoms with Gasteiger partial charge in [0.2, 0.25) is 0 Å². The molecule has 1 N–H and O–H groups in total. The number of benzene rings is 1. The minimum atomic E-state index is -0.817. The maximum absolute atomic E-state index is 13.8. The van der Waals surface area contributed by atoms with E-state index in [4.69, 9.17) is 0 Å². The number of nitrogens with one attached hydrogen (secondary N) is 1. The van der Waals surface area contributed by atoms with Crippen LogP contribution in [0.3, 0.4) is 0 Å². The summed E-state index contributed by atoms with van der Waals surface area (Å²) in [5, 5.41) is 7.43. The van der Waals surface area contributed by atoms with E-state index in [2.05, 4.69) is 10.4 Å². The van der Waals surface area contributed by atoms with Crippen LogP contribution in [-0.4, -0.2) is 16.7 Å². The fraction of sp³-hybridized carbons (Fsp3) is 0.188. The van der Waals surface area contributed by atoms with Crippen LogP contribution in [0.25, 0.3) is 5.52 Å². The van der Waals surface area contributed by atoms with Gasteiger partial charge in [0, 0.05) is 17.8 Å². The maximum Gasteiger partial charge on any atom is 0.162 e. The highest BCUT2D eigenvalue weighted by Gasteiger charge is 2.18. The van der Waals surface area contributed by atoms with Gasteiger partial charge in [0.1, 0.15) is 0 Å².